The number of aliphatic carboxylic acids is 1. The molecule has 1 rings (SSSR count). The van der Waals surface area contributed by atoms with Crippen LogP contribution >= 0.6 is 0 Å². The Bertz CT molecular complexity index is 594. The summed E-state index contributed by atoms with van der Waals surface area (Å²) in [4.78, 5) is 10.4. The maximum absolute atomic E-state index is 11.9. The highest BCUT2D eigenvalue weighted by molar-refractivity contribution is 7.87. The second kappa shape index (κ2) is 6.33. The highest BCUT2D eigenvalue weighted by atomic mass is 32.2. The zero-order chi connectivity index (χ0) is 15.5. The SMILES string of the molecule is Cc1nn(C)c(C)c1CNS(=O)(=O)N(C)CCC(=O)O. The van der Waals surface area contributed by atoms with Gasteiger partial charge >= 0.3 is 5.97 Å². The van der Waals surface area contributed by atoms with Gasteiger partial charge in [-0.1, -0.05) is 0 Å². The lowest BCUT2D eigenvalue weighted by atomic mass is 10.2. The summed E-state index contributed by atoms with van der Waals surface area (Å²) in [6.45, 7) is 3.73. The van der Waals surface area contributed by atoms with Crippen molar-refractivity contribution in [3.8, 4) is 0 Å². The fraction of sp³-hybridized carbons (Fsp3) is 0.636. The van der Waals surface area contributed by atoms with Gasteiger partial charge in [-0.25, -0.2) is 0 Å². The van der Waals surface area contributed by atoms with Crippen LogP contribution in [0.2, 0.25) is 0 Å². The standard InChI is InChI=1S/C11H20N4O4S/c1-8-10(9(2)15(4)13-8)7-12-20(18,19)14(3)6-5-11(16)17/h12H,5-7H2,1-4H3,(H,16,17). The molecule has 1 aromatic rings. The highest BCUT2D eigenvalue weighted by Crippen LogP contribution is 2.12. The van der Waals surface area contributed by atoms with E-state index in [1.807, 2.05) is 13.8 Å². The summed E-state index contributed by atoms with van der Waals surface area (Å²) >= 11 is 0. The number of hydrogen-bond acceptors (Lipinski definition) is 4. The number of carboxylic acid groups (broad SMARTS) is 1. The Morgan fingerprint density at radius 1 is 1.45 bits per heavy atom. The number of nitrogens with one attached hydrogen (secondary N) is 1. The van der Waals surface area contributed by atoms with Gasteiger partial charge in [0.2, 0.25) is 0 Å². The molecule has 2 N–H and O–H groups in total. The van der Waals surface area contributed by atoms with Crippen LogP contribution in [0.1, 0.15) is 23.4 Å². The van der Waals surface area contributed by atoms with E-state index in [-0.39, 0.29) is 19.5 Å². The molecule has 1 heterocycles. The van der Waals surface area contributed by atoms with Gasteiger partial charge < -0.3 is 5.11 Å². The lowest BCUT2D eigenvalue weighted by molar-refractivity contribution is -0.137. The average molecular weight is 304 g/mol. The molecule has 0 aliphatic rings. The summed E-state index contributed by atoms with van der Waals surface area (Å²) in [6.07, 6.45) is -0.234. The lowest BCUT2D eigenvalue weighted by Gasteiger charge is -2.16. The fourth-order valence-corrected chi connectivity index (χ4v) is 2.60. The van der Waals surface area contributed by atoms with Crippen LogP contribution in [0.15, 0.2) is 0 Å². The van der Waals surface area contributed by atoms with Gasteiger partial charge in [-0.15, -0.1) is 0 Å². The van der Waals surface area contributed by atoms with Crippen LogP contribution in [0.3, 0.4) is 0 Å². The highest BCUT2D eigenvalue weighted by Gasteiger charge is 2.19. The third-order valence-corrected chi connectivity index (χ3v) is 4.65. The summed E-state index contributed by atoms with van der Waals surface area (Å²) in [5, 5.41) is 12.8. The van der Waals surface area contributed by atoms with Gasteiger partial charge in [0.05, 0.1) is 12.1 Å². The minimum Gasteiger partial charge on any atom is -0.481 e. The van der Waals surface area contributed by atoms with Crippen molar-refractivity contribution < 1.29 is 18.3 Å². The van der Waals surface area contributed by atoms with Crippen molar-refractivity contribution in [2.45, 2.75) is 26.8 Å². The van der Waals surface area contributed by atoms with E-state index in [4.69, 9.17) is 5.11 Å². The third kappa shape index (κ3) is 4.02. The molecule has 9 heteroatoms. The molecule has 114 valence electrons. The normalized spacial score (nSPS) is 12.1. The monoisotopic (exact) mass is 304 g/mol. The van der Waals surface area contributed by atoms with Crippen molar-refractivity contribution in [1.82, 2.24) is 18.8 Å². The molecule has 0 radical (unpaired) electrons. The van der Waals surface area contributed by atoms with Crippen LogP contribution in [0.4, 0.5) is 0 Å². The molecule has 0 bridgehead atoms. The van der Waals surface area contributed by atoms with E-state index in [9.17, 15) is 13.2 Å². The molecule has 0 amide bonds. The van der Waals surface area contributed by atoms with Gasteiger partial charge in [0.1, 0.15) is 0 Å². The van der Waals surface area contributed by atoms with E-state index in [2.05, 4.69) is 9.82 Å². The molecule has 0 saturated heterocycles. The number of hydrogen-bond donors (Lipinski definition) is 2. The second-order valence-electron chi connectivity index (χ2n) is 4.56. The van der Waals surface area contributed by atoms with E-state index < -0.39 is 16.2 Å². The van der Waals surface area contributed by atoms with Crippen molar-refractivity contribution in [2.75, 3.05) is 13.6 Å². The summed E-state index contributed by atoms with van der Waals surface area (Å²) in [7, 11) is -0.563. The van der Waals surface area contributed by atoms with Crippen molar-refractivity contribution in [1.29, 1.82) is 0 Å². The third-order valence-electron chi connectivity index (χ3n) is 3.14. The van der Waals surface area contributed by atoms with Crippen LogP contribution in [0, 0.1) is 13.8 Å². The van der Waals surface area contributed by atoms with E-state index in [1.165, 1.54) is 7.05 Å². The topological polar surface area (TPSA) is 105 Å². The van der Waals surface area contributed by atoms with Gasteiger partial charge in [-0.05, 0) is 13.8 Å². The molecule has 0 atom stereocenters. The molecule has 0 saturated carbocycles. The zero-order valence-corrected chi connectivity index (χ0v) is 12.9. The van der Waals surface area contributed by atoms with Crippen LogP contribution < -0.4 is 4.72 Å². The molecule has 0 unspecified atom stereocenters. The van der Waals surface area contributed by atoms with Crippen LogP contribution in [-0.4, -0.2) is 47.2 Å². The average Bonchev–Trinajstić information content (AvgIpc) is 2.58. The molecule has 8 nitrogen and oxygen atoms in total. The first-order chi connectivity index (χ1) is 9.15. The van der Waals surface area contributed by atoms with Crippen molar-refractivity contribution in [2.24, 2.45) is 7.05 Å². The van der Waals surface area contributed by atoms with Crippen LogP contribution in [0.25, 0.3) is 0 Å². The van der Waals surface area contributed by atoms with Gasteiger partial charge in [0.15, 0.2) is 0 Å². The number of aryl methyl sites for hydroxylation is 2. The van der Waals surface area contributed by atoms with E-state index >= 15 is 0 Å². The largest absolute Gasteiger partial charge is 0.481 e. The number of carboxylic acids is 1. The van der Waals surface area contributed by atoms with E-state index in [0.717, 1.165) is 21.3 Å². The Balaban J connectivity index is 2.70. The molecule has 0 aliphatic carbocycles. The molecule has 0 fully saturated rings. The van der Waals surface area contributed by atoms with Crippen molar-refractivity contribution in [3.63, 3.8) is 0 Å². The molecule has 0 aliphatic heterocycles. The van der Waals surface area contributed by atoms with Crippen LogP contribution in [0.5, 0.6) is 0 Å². The van der Waals surface area contributed by atoms with Gasteiger partial charge in [0, 0.05) is 38.4 Å². The summed E-state index contributed by atoms with van der Waals surface area (Å²) < 4.78 is 29.0. The number of nitrogens with zero attached hydrogens (tertiary/aromatic N) is 3. The lowest BCUT2D eigenvalue weighted by Crippen LogP contribution is -2.39. The molecular formula is C11H20N4O4S. The van der Waals surface area contributed by atoms with Crippen molar-refractivity contribution >= 4 is 16.2 Å². The van der Waals surface area contributed by atoms with Gasteiger partial charge in [-0.3, -0.25) is 9.48 Å². The Kier molecular flexibility index (Phi) is 5.26. The fourth-order valence-electron chi connectivity index (χ4n) is 1.72. The van der Waals surface area contributed by atoms with Gasteiger partial charge in [0.25, 0.3) is 10.2 Å². The van der Waals surface area contributed by atoms with Crippen molar-refractivity contribution in [3.05, 3.63) is 17.0 Å². The van der Waals surface area contributed by atoms with E-state index in [0.29, 0.717) is 0 Å². The Morgan fingerprint density at radius 3 is 2.50 bits per heavy atom. The molecule has 0 spiro atoms. The van der Waals surface area contributed by atoms with Crippen LogP contribution in [-0.2, 0) is 28.6 Å². The quantitative estimate of drug-likeness (QED) is 0.724. The first kappa shape index (κ1) is 16.6. The maximum Gasteiger partial charge on any atom is 0.304 e. The number of rotatable bonds is 7. The first-order valence-electron chi connectivity index (χ1n) is 6.07. The molecular weight excluding hydrogens is 284 g/mol. The smallest absolute Gasteiger partial charge is 0.304 e. The van der Waals surface area contributed by atoms with E-state index in [1.54, 1.807) is 11.7 Å². The summed E-state index contributed by atoms with van der Waals surface area (Å²) in [6, 6.07) is 0. The Morgan fingerprint density at radius 2 is 2.05 bits per heavy atom. The Hall–Kier alpha value is -1.45. The minimum absolute atomic E-state index is 0.0737. The first-order valence-corrected chi connectivity index (χ1v) is 7.51. The molecule has 20 heavy (non-hydrogen) atoms. The maximum atomic E-state index is 11.9. The zero-order valence-electron chi connectivity index (χ0n) is 12.0. The summed E-state index contributed by atoms with van der Waals surface area (Å²) in [5.41, 5.74) is 2.47. The number of aromatic nitrogens is 2. The predicted molar refractivity (Wildman–Crippen MR) is 73.3 cm³/mol. The molecule has 0 aromatic carbocycles. The second-order valence-corrected chi connectivity index (χ2v) is 6.43. The predicted octanol–water partition coefficient (Wildman–Crippen LogP) is -0.222. The molecule has 1 aromatic heterocycles. The number of carbonyl (C=O) groups is 1. The van der Waals surface area contributed by atoms with Gasteiger partial charge in [-0.2, -0.15) is 22.5 Å². The minimum atomic E-state index is -3.70. The Labute approximate surface area is 118 Å². The summed E-state index contributed by atoms with van der Waals surface area (Å²) in [5.74, 6) is -1.04.